The summed E-state index contributed by atoms with van der Waals surface area (Å²) < 4.78 is 56.3. The number of fused-ring (bicyclic) bond motifs is 1. The second-order valence-corrected chi connectivity index (χ2v) is 11.2. The van der Waals surface area contributed by atoms with Crippen molar-refractivity contribution in [1.29, 1.82) is 0 Å². The van der Waals surface area contributed by atoms with Crippen LogP contribution in [0.1, 0.15) is 12.5 Å². The zero-order valence-corrected chi connectivity index (χ0v) is 18.3. The Balaban J connectivity index is 2.42. The zero-order chi connectivity index (χ0) is 21.3. The van der Waals surface area contributed by atoms with E-state index in [1.807, 2.05) is 6.92 Å². The molecule has 0 bridgehead atoms. The molecular formula is C17H27N3O6S2. The maximum atomic E-state index is 12.5. The molecule has 0 fully saturated rings. The standard InChI is InChI=1S/C17H27N3O6S2/c1-12-10-19(2)17(21)9-13-8-14(18-27(4,22)23)6-7-15(13)26-16(12)11-20(3)28(5,24)25/h6-8,12,16,18H,9-11H2,1-5H3/t12-,16+/m0/s1. The molecule has 0 saturated heterocycles. The van der Waals surface area contributed by atoms with Gasteiger partial charge in [-0.3, -0.25) is 9.52 Å². The van der Waals surface area contributed by atoms with Crippen LogP contribution < -0.4 is 9.46 Å². The Kier molecular flexibility index (Phi) is 6.62. The largest absolute Gasteiger partial charge is 0.488 e. The summed E-state index contributed by atoms with van der Waals surface area (Å²) in [5.74, 6) is 0.171. The van der Waals surface area contributed by atoms with Gasteiger partial charge in [-0.15, -0.1) is 0 Å². The topological polar surface area (TPSA) is 113 Å². The normalized spacial score (nSPS) is 21.4. The Bertz CT molecular complexity index is 946. The summed E-state index contributed by atoms with van der Waals surface area (Å²) >= 11 is 0. The van der Waals surface area contributed by atoms with Crippen molar-refractivity contribution < 1.29 is 26.4 Å². The monoisotopic (exact) mass is 433 g/mol. The molecule has 28 heavy (non-hydrogen) atoms. The first-order valence-electron chi connectivity index (χ1n) is 8.69. The summed E-state index contributed by atoms with van der Waals surface area (Å²) in [6.45, 7) is 2.43. The van der Waals surface area contributed by atoms with Crippen LogP contribution in [0, 0.1) is 5.92 Å². The van der Waals surface area contributed by atoms with E-state index >= 15 is 0 Å². The number of benzene rings is 1. The van der Waals surface area contributed by atoms with Crippen molar-refractivity contribution in [3.8, 4) is 5.75 Å². The Morgan fingerprint density at radius 3 is 2.46 bits per heavy atom. The summed E-state index contributed by atoms with van der Waals surface area (Å²) in [5, 5.41) is 0. The molecule has 2 rings (SSSR count). The van der Waals surface area contributed by atoms with Crippen molar-refractivity contribution in [3.63, 3.8) is 0 Å². The van der Waals surface area contributed by atoms with E-state index in [1.54, 1.807) is 30.1 Å². The highest BCUT2D eigenvalue weighted by molar-refractivity contribution is 7.92. The van der Waals surface area contributed by atoms with Crippen LogP contribution in [0.4, 0.5) is 5.69 Å². The van der Waals surface area contributed by atoms with Crippen molar-refractivity contribution in [2.45, 2.75) is 19.4 Å². The molecule has 9 nitrogen and oxygen atoms in total. The molecule has 0 unspecified atom stereocenters. The molecule has 1 amide bonds. The molecule has 0 aromatic heterocycles. The Labute approximate surface area is 166 Å². The molecule has 0 radical (unpaired) electrons. The molecule has 11 heteroatoms. The lowest BCUT2D eigenvalue weighted by atomic mass is 10.0. The molecule has 0 spiro atoms. The highest BCUT2D eigenvalue weighted by atomic mass is 32.2. The van der Waals surface area contributed by atoms with Crippen molar-refractivity contribution in [2.75, 3.05) is 44.4 Å². The molecule has 1 aliphatic heterocycles. The second kappa shape index (κ2) is 8.26. The lowest BCUT2D eigenvalue weighted by molar-refractivity contribution is -0.129. The van der Waals surface area contributed by atoms with Gasteiger partial charge >= 0.3 is 0 Å². The highest BCUT2D eigenvalue weighted by Crippen LogP contribution is 2.28. The maximum Gasteiger partial charge on any atom is 0.229 e. The number of hydrogen-bond donors (Lipinski definition) is 1. The number of nitrogens with zero attached hydrogens (tertiary/aromatic N) is 2. The number of amides is 1. The minimum absolute atomic E-state index is 0.0481. The quantitative estimate of drug-likeness (QED) is 0.717. The maximum absolute atomic E-state index is 12.5. The van der Waals surface area contributed by atoms with Crippen molar-refractivity contribution in [1.82, 2.24) is 9.21 Å². The van der Waals surface area contributed by atoms with Crippen LogP contribution in [-0.2, 0) is 31.3 Å². The van der Waals surface area contributed by atoms with Crippen LogP contribution in [0.25, 0.3) is 0 Å². The number of nitrogens with one attached hydrogen (secondary N) is 1. The van der Waals surface area contributed by atoms with Gasteiger partial charge < -0.3 is 9.64 Å². The van der Waals surface area contributed by atoms with Crippen molar-refractivity contribution in [3.05, 3.63) is 23.8 Å². The number of hydrogen-bond acceptors (Lipinski definition) is 6. The van der Waals surface area contributed by atoms with E-state index in [4.69, 9.17) is 4.74 Å². The fraction of sp³-hybridized carbons (Fsp3) is 0.588. The van der Waals surface area contributed by atoms with E-state index in [2.05, 4.69) is 4.72 Å². The second-order valence-electron chi connectivity index (χ2n) is 7.32. The van der Waals surface area contributed by atoms with E-state index in [9.17, 15) is 21.6 Å². The first-order valence-corrected chi connectivity index (χ1v) is 12.4. The van der Waals surface area contributed by atoms with Gasteiger partial charge in [0, 0.05) is 37.8 Å². The Morgan fingerprint density at radius 2 is 1.89 bits per heavy atom. The van der Waals surface area contributed by atoms with E-state index in [-0.39, 0.29) is 24.8 Å². The number of anilines is 1. The molecule has 1 aromatic rings. The number of likely N-dealkylation sites (N-methyl/N-ethyl adjacent to an activating group) is 2. The molecule has 1 aromatic carbocycles. The third kappa shape index (κ3) is 6.08. The van der Waals surface area contributed by atoms with Gasteiger partial charge in [0.05, 0.1) is 25.5 Å². The van der Waals surface area contributed by atoms with Crippen LogP contribution in [0.5, 0.6) is 5.75 Å². The van der Waals surface area contributed by atoms with Gasteiger partial charge in [0.1, 0.15) is 11.9 Å². The minimum Gasteiger partial charge on any atom is -0.488 e. The predicted octanol–water partition coefficient (Wildman–Crippen LogP) is 0.348. The van der Waals surface area contributed by atoms with E-state index in [1.165, 1.54) is 11.4 Å². The van der Waals surface area contributed by atoms with Gasteiger partial charge in [0.25, 0.3) is 0 Å². The molecule has 0 aliphatic carbocycles. The van der Waals surface area contributed by atoms with Gasteiger partial charge in [0.15, 0.2) is 0 Å². The molecule has 2 atom stereocenters. The minimum atomic E-state index is -3.46. The first kappa shape index (κ1) is 22.4. The summed E-state index contributed by atoms with van der Waals surface area (Å²) in [6, 6.07) is 4.71. The highest BCUT2D eigenvalue weighted by Gasteiger charge is 2.29. The Hall–Kier alpha value is -1.85. The van der Waals surface area contributed by atoms with Crippen molar-refractivity contribution >= 4 is 31.6 Å². The Morgan fingerprint density at radius 1 is 1.25 bits per heavy atom. The van der Waals surface area contributed by atoms with Crippen LogP contribution in [-0.4, -0.2) is 77.7 Å². The van der Waals surface area contributed by atoms with E-state index in [0.717, 1.165) is 12.5 Å². The fourth-order valence-corrected chi connectivity index (χ4v) is 3.92. The lowest BCUT2D eigenvalue weighted by Crippen LogP contribution is -2.43. The molecule has 1 N–H and O–H groups in total. The number of sulfonamides is 2. The smallest absolute Gasteiger partial charge is 0.229 e. The fourth-order valence-electron chi connectivity index (χ4n) is 2.94. The van der Waals surface area contributed by atoms with Gasteiger partial charge in [0.2, 0.25) is 26.0 Å². The number of rotatable bonds is 5. The third-order valence-electron chi connectivity index (χ3n) is 4.61. The summed E-state index contributed by atoms with van der Waals surface area (Å²) in [7, 11) is -3.69. The van der Waals surface area contributed by atoms with Crippen LogP contribution in [0.15, 0.2) is 18.2 Å². The number of carbonyl (C=O) groups excluding carboxylic acids is 1. The third-order valence-corrected chi connectivity index (χ3v) is 6.50. The van der Waals surface area contributed by atoms with Crippen LogP contribution in [0.3, 0.4) is 0 Å². The van der Waals surface area contributed by atoms with Crippen molar-refractivity contribution in [2.24, 2.45) is 5.92 Å². The van der Waals surface area contributed by atoms with Crippen LogP contribution >= 0.6 is 0 Å². The SMILES string of the molecule is C[C@H]1CN(C)C(=O)Cc2cc(NS(C)(=O)=O)ccc2O[C@@H]1CN(C)S(C)(=O)=O. The number of carbonyl (C=O) groups is 1. The zero-order valence-electron chi connectivity index (χ0n) is 16.7. The van der Waals surface area contributed by atoms with Gasteiger partial charge in [-0.1, -0.05) is 6.92 Å². The molecule has 0 saturated carbocycles. The lowest BCUT2D eigenvalue weighted by Gasteiger charge is -2.30. The average molecular weight is 434 g/mol. The van der Waals surface area contributed by atoms with Gasteiger partial charge in [-0.05, 0) is 18.2 Å². The molecule has 1 heterocycles. The van der Waals surface area contributed by atoms with E-state index < -0.39 is 26.2 Å². The van der Waals surface area contributed by atoms with Gasteiger partial charge in [-0.25, -0.2) is 21.1 Å². The molecule has 1 aliphatic rings. The average Bonchev–Trinajstić information content (AvgIpc) is 2.56. The summed E-state index contributed by atoms with van der Waals surface area (Å²) in [6.07, 6.45) is 1.73. The molecular weight excluding hydrogens is 406 g/mol. The predicted molar refractivity (Wildman–Crippen MR) is 107 cm³/mol. The molecule has 158 valence electrons. The summed E-state index contributed by atoms with van der Waals surface area (Å²) in [4.78, 5) is 14.1. The van der Waals surface area contributed by atoms with E-state index in [0.29, 0.717) is 23.5 Å². The number of ether oxygens (including phenoxy) is 1. The van der Waals surface area contributed by atoms with Crippen LogP contribution in [0.2, 0.25) is 0 Å². The first-order chi connectivity index (χ1) is 12.8. The summed E-state index contributed by atoms with van der Waals surface area (Å²) in [5.41, 5.74) is 0.865. The van der Waals surface area contributed by atoms with Gasteiger partial charge in [-0.2, -0.15) is 0 Å².